The van der Waals surface area contributed by atoms with E-state index >= 15 is 0 Å². The molecule has 0 aliphatic carbocycles. The zero-order valence-electron chi connectivity index (χ0n) is 4.64. The fraction of sp³-hybridized carbons (Fsp3) is 0. The topological polar surface area (TPSA) is 255 Å². The Morgan fingerprint density at radius 1 is 0.727 bits per heavy atom. The van der Waals surface area contributed by atoms with Crippen LogP contribution in [0, 0.1) is 0 Å². The summed E-state index contributed by atoms with van der Waals surface area (Å²) in [7, 11) is 0. The van der Waals surface area contributed by atoms with Gasteiger partial charge in [0.05, 0.1) is 0 Å². The molecule has 0 aromatic rings. The second-order valence-electron chi connectivity index (χ2n) is 0.201. The van der Waals surface area contributed by atoms with Gasteiger partial charge in [0.1, 0.15) is 0 Å². The molecule has 0 saturated carbocycles. The first-order valence-electron chi connectivity index (χ1n) is 0.478. The van der Waals surface area contributed by atoms with E-state index in [1.807, 2.05) is 0 Å². The van der Waals surface area contributed by atoms with Crippen molar-refractivity contribution in [2.45, 2.75) is 0 Å². The Morgan fingerprint density at radius 2 is 0.727 bits per heavy atom. The molecule has 0 bridgehead atoms. The summed E-state index contributed by atoms with van der Waals surface area (Å²) in [5, 5.41) is 0. The van der Waals surface area contributed by atoms with Crippen LogP contribution >= 0.6 is 0 Å². The molecule has 0 aromatic carbocycles. The van der Waals surface area contributed by atoms with Crippen LogP contribution in [0.4, 0.5) is 0 Å². The minimum atomic E-state index is -3.76. The molecular weight excluding hydrogens is 311 g/mol. The van der Waals surface area contributed by atoms with Crippen LogP contribution in [0.3, 0.4) is 0 Å². The van der Waals surface area contributed by atoms with Crippen molar-refractivity contribution in [3.8, 4) is 0 Å². The molecule has 0 fully saturated rings. The zero-order chi connectivity index (χ0) is 3.58. The first-order valence-corrected chi connectivity index (χ1v) is 3.20. The molecule has 0 aliphatic heterocycles. The van der Waals surface area contributed by atoms with Gasteiger partial charge in [-0.1, -0.05) is 0 Å². The van der Waals surface area contributed by atoms with Gasteiger partial charge >= 0.3 is 58.8 Å². The predicted molar refractivity (Wildman–Crippen MR) is 32.4 cm³/mol. The maximum Gasteiger partial charge on any atom is 0.503 e. The predicted octanol–water partition coefficient (Wildman–Crippen LogP) is -11.8. The van der Waals surface area contributed by atoms with Gasteiger partial charge < -0.3 is 39.7 Å². The monoisotopic (exact) mass is 326 g/mol. The van der Waals surface area contributed by atoms with Crippen LogP contribution in [-0.4, -0.2) is 74.0 Å². The van der Waals surface area contributed by atoms with Crippen molar-refractivity contribution in [2.75, 3.05) is 0 Å². The SMILES string of the molecule is O.O.O.O.O.O.[CaH2].[O-][I+2]([O-])O. The van der Waals surface area contributed by atoms with Gasteiger partial charge in [0.15, 0.2) is 0 Å². The van der Waals surface area contributed by atoms with Gasteiger partial charge in [0.25, 0.3) is 0 Å². The number of hydrogen-bond donors (Lipinski definition) is 1. The number of hydrogen-bond acceptors (Lipinski definition) is 3. The van der Waals surface area contributed by atoms with Crippen molar-refractivity contribution >= 4 is 37.7 Å². The summed E-state index contributed by atoms with van der Waals surface area (Å²) >= 11 is -3.76. The minimum Gasteiger partial charge on any atom is -0.396 e. The third-order valence-electron chi connectivity index (χ3n) is 0. The Balaban J connectivity index is -0.00000000214. The normalized spacial score (nSPS) is 3.27. The molecule has 9 nitrogen and oxygen atoms in total. The van der Waals surface area contributed by atoms with E-state index in [9.17, 15) is 0 Å². The van der Waals surface area contributed by atoms with Gasteiger partial charge in [0, 0.05) is 0 Å². The van der Waals surface area contributed by atoms with Gasteiger partial charge in [-0.25, -0.2) is 0 Å². The standard InChI is InChI=1S/Ca.HIO3.6H2O.2H/c;2-1(3)4;;;;;;;;/h;2H;6*1H2;;. The van der Waals surface area contributed by atoms with E-state index in [0.29, 0.717) is 0 Å². The average molecular weight is 326 g/mol. The fourth-order valence-electron chi connectivity index (χ4n) is 0. The molecule has 78 valence electrons. The molecular formula is H15CaIO9. The summed E-state index contributed by atoms with van der Waals surface area (Å²) in [6.07, 6.45) is 0. The van der Waals surface area contributed by atoms with Crippen LogP contribution in [0.1, 0.15) is 0 Å². The molecule has 0 saturated heterocycles. The Bertz CT molecular complexity index is 14.3. The van der Waals surface area contributed by atoms with Crippen LogP contribution in [0.2, 0.25) is 0 Å². The molecule has 0 aromatic heterocycles. The van der Waals surface area contributed by atoms with Crippen LogP contribution in [0.5, 0.6) is 0 Å². The maximum atomic E-state index is 8.68. The molecule has 0 rings (SSSR count). The molecule has 0 heterocycles. The first-order chi connectivity index (χ1) is 1.73. The van der Waals surface area contributed by atoms with Crippen LogP contribution < -0.4 is 27.9 Å². The van der Waals surface area contributed by atoms with E-state index in [4.69, 9.17) is 10.3 Å². The smallest absolute Gasteiger partial charge is 0.396 e. The van der Waals surface area contributed by atoms with E-state index in [1.54, 1.807) is 0 Å². The molecule has 0 spiro atoms. The molecule has 0 radical (unpaired) electrons. The van der Waals surface area contributed by atoms with Crippen LogP contribution in [0.25, 0.3) is 0 Å². The molecule has 13 N–H and O–H groups in total. The molecule has 0 unspecified atom stereocenters. The number of halogens is 1. The van der Waals surface area contributed by atoms with E-state index in [1.165, 1.54) is 0 Å². The zero-order valence-corrected chi connectivity index (χ0v) is 6.80. The van der Waals surface area contributed by atoms with E-state index in [0.717, 1.165) is 0 Å². The number of rotatable bonds is 0. The van der Waals surface area contributed by atoms with Crippen molar-refractivity contribution in [2.24, 2.45) is 0 Å². The van der Waals surface area contributed by atoms with Gasteiger partial charge in [-0.3, -0.25) is 0 Å². The summed E-state index contributed by atoms with van der Waals surface area (Å²) in [5.41, 5.74) is 0. The van der Waals surface area contributed by atoms with Gasteiger partial charge in [-0.05, 0) is 3.44 Å². The summed E-state index contributed by atoms with van der Waals surface area (Å²) in [4.78, 5) is 0. The molecule has 11 heteroatoms. The van der Waals surface area contributed by atoms with E-state index < -0.39 is 21.1 Å². The summed E-state index contributed by atoms with van der Waals surface area (Å²) in [5.74, 6) is 0. The van der Waals surface area contributed by atoms with Crippen LogP contribution in [0.15, 0.2) is 0 Å². The quantitative estimate of drug-likeness (QED) is 0.336. The first kappa shape index (κ1) is 79.7. The summed E-state index contributed by atoms with van der Waals surface area (Å²) < 4.78 is 24.5. The van der Waals surface area contributed by atoms with Crippen molar-refractivity contribution < 1.29 is 64.2 Å². The minimum absolute atomic E-state index is 0. The molecule has 11 heavy (non-hydrogen) atoms. The largest absolute Gasteiger partial charge is 0.503 e. The maximum absolute atomic E-state index is 8.68. The van der Waals surface area contributed by atoms with Gasteiger partial charge in [-0.2, -0.15) is 0 Å². The Morgan fingerprint density at radius 3 is 0.727 bits per heavy atom. The van der Waals surface area contributed by atoms with Gasteiger partial charge in [-0.15, -0.1) is 0 Å². The molecule has 0 atom stereocenters. The second kappa shape index (κ2) is 61.3. The summed E-state index contributed by atoms with van der Waals surface area (Å²) in [6.45, 7) is 0. The Labute approximate surface area is 101 Å². The molecule has 0 amide bonds. The summed E-state index contributed by atoms with van der Waals surface area (Å²) in [6, 6.07) is 0. The third-order valence-corrected chi connectivity index (χ3v) is 0. The Hall–Kier alpha value is 1.63. The van der Waals surface area contributed by atoms with Gasteiger partial charge in [0.2, 0.25) is 0 Å². The van der Waals surface area contributed by atoms with E-state index in [-0.39, 0.29) is 70.6 Å². The fourth-order valence-corrected chi connectivity index (χ4v) is 0. The molecule has 0 aliphatic rings. The van der Waals surface area contributed by atoms with E-state index in [2.05, 4.69) is 0 Å². The Kier molecular flexibility index (Phi) is 444. The van der Waals surface area contributed by atoms with Crippen molar-refractivity contribution in [1.29, 1.82) is 0 Å². The van der Waals surface area contributed by atoms with Crippen molar-refractivity contribution in [1.82, 2.24) is 0 Å². The van der Waals surface area contributed by atoms with Crippen LogP contribution in [-0.2, 0) is 0 Å². The average Bonchev–Trinajstić information content (AvgIpc) is 0.811. The van der Waals surface area contributed by atoms with Crippen molar-refractivity contribution in [3.05, 3.63) is 0 Å². The second-order valence-corrected chi connectivity index (χ2v) is 1.35. The third kappa shape index (κ3) is 406. The van der Waals surface area contributed by atoms with Crippen molar-refractivity contribution in [3.63, 3.8) is 0 Å².